The molecule has 0 fully saturated rings. The number of benzene rings is 3. The third-order valence-corrected chi connectivity index (χ3v) is 7.21. The Morgan fingerprint density at radius 2 is 1.68 bits per heavy atom. The van der Waals surface area contributed by atoms with Crippen LogP contribution in [-0.4, -0.2) is 37.0 Å². The SMILES string of the molecule is CC(=O)NC(N)=NC(=NS(=O)(=O)c1ccc(C(F)(F)F)cc1)N1N=C(c2ccc(Cl)cc2)CC1c1ccccc1. The molecular weight excluding hydrogens is 569 g/mol. The van der Waals surface area contributed by atoms with Gasteiger partial charge >= 0.3 is 6.18 Å². The van der Waals surface area contributed by atoms with E-state index in [1.165, 1.54) is 11.9 Å². The second-order valence-electron chi connectivity index (χ2n) is 8.60. The average Bonchev–Trinajstić information content (AvgIpc) is 3.34. The molecule has 40 heavy (non-hydrogen) atoms. The lowest BCUT2D eigenvalue weighted by molar-refractivity contribution is -0.137. The van der Waals surface area contributed by atoms with Crippen LogP contribution in [0.3, 0.4) is 0 Å². The monoisotopic (exact) mass is 590 g/mol. The van der Waals surface area contributed by atoms with Crippen LogP contribution in [0.1, 0.15) is 36.1 Å². The van der Waals surface area contributed by atoms with Crippen molar-refractivity contribution in [3.63, 3.8) is 0 Å². The van der Waals surface area contributed by atoms with E-state index in [1.807, 2.05) is 0 Å². The molecule has 1 amide bonds. The van der Waals surface area contributed by atoms with Gasteiger partial charge in [0, 0.05) is 18.4 Å². The number of aliphatic imine (C=N–C) groups is 1. The molecule has 3 aromatic carbocycles. The van der Waals surface area contributed by atoms with Gasteiger partial charge in [0.2, 0.25) is 11.9 Å². The fourth-order valence-electron chi connectivity index (χ4n) is 3.85. The fraction of sp³-hybridized carbons (Fsp3) is 0.154. The lowest BCUT2D eigenvalue weighted by Crippen LogP contribution is -2.38. The minimum Gasteiger partial charge on any atom is -0.369 e. The van der Waals surface area contributed by atoms with Crippen LogP contribution in [0.4, 0.5) is 13.2 Å². The molecule has 0 spiro atoms. The maximum absolute atomic E-state index is 13.2. The molecule has 0 aromatic heterocycles. The van der Waals surface area contributed by atoms with Gasteiger partial charge in [-0.15, -0.1) is 4.40 Å². The predicted molar refractivity (Wildman–Crippen MR) is 145 cm³/mol. The molecule has 4 rings (SSSR count). The van der Waals surface area contributed by atoms with Gasteiger partial charge in [0.15, 0.2) is 0 Å². The van der Waals surface area contributed by atoms with E-state index in [-0.39, 0.29) is 0 Å². The maximum Gasteiger partial charge on any atom is 0.416 e. The molecule has 1 aliphatic rings. The highest BCUT2D eigenvalue weighted by Crippen LogP contribution is 2.34. The van der Waals surface area contributed by atoms with Crippen molar-refractivity contribution in [2.24, 2.45) is 20.2 Å². The first-order valence-electron chi connectivity index (χ1n) is 11.6. The van der Waals surface area contributed by atoms with Crippen molar-refractivity contribution in [2.45, 2.75) is 30.5 Å². The summed E-state index contributed by atoms with van der Waals surface area (Å²) in [6.45, 7) is 1.18. The highest BCUT2D eigenvalue weighted by atomic mass is 35.5. The summed E-state index contributed by atoms with van der Waals surface area (Å²) in [6, 6.07) is 18.1. The number of guanidine groups is 2. The number of carbonyl (C=O) groups is 1. The number of nitrogens with zero attached hydrogens (tertiary/aromatic N) is 4. The van der Waals surface area contributed by atoms with E-state index in [9.17, 15) is 26.4 Å². The highest BCUT2D eigenvalue weighted by molar-refractivity contribution is 7.90. The molecule has 1 heterocycles. The lowest BCUT2D eigenvalue weighted by Gasteiger charge is -2.23. The van der Waals surface area contributed by atoms with Gasteiger partial charge in [-0.2, -0.15) is 31.7 Å². The minimum atomic E-state index is -4.65. The summed E-state index contributed by atoms with van der Waals surface area (Å²) in [5.74, 6) is -1.54. The first-order valence-corrected chi connectivity index (χ1v) is 13.5. The largest absolute Gasteiger partial charge is 0.416 e. The van der Waals surface area contributed by atoms with Crippen LogP contribution >= 0.6 is 11.6 Å². The van der Waals surface area contributed by atoms with Crippen LogP contribution in [-0.2, 0) is 21.0 Å². The molecule has 3 aromatic rings. The summed E-state index contributed by atoms with van der Waals surface area (Å²) >= 11 is 6.02. The molecule has 0 saturated carbocycles. The summed E-state index contributed by atoms with van der Waals surface area (Å²) in [5.41, 5.74) is 6.82. The molecule has 1 aliphatic heterocycles. The van der Waals surface area contributed by atoms with Crippen molar-refractivity contribution in [3.05, 3.63) is 101 Å². The second kappa shape index (κ2) is 11.5. The van der Waals surface area contributed by atoms with Crippen molar-refractivity contribution in [2.75, 3.05) is 0 Å². The number of hydrazone groups is 1. The molecule has 0 bridgehead atoms. The quantitative estimate of drug-likeness (QED) is 0.336. The summed E-state index contributed by atoms with van der Waals surface area (Å²) in [5, 5.41) is 8.59. The first-order chi connectivity index (χ1) is 18.8. The summed E-state index contributed by atoms with van der Waals surface area (Å²) in [7, 11) is -4.61. The van der Waals surface area contributed by atoms with Crippen molar-refractivity contribution >= 4 is 45.2 Å². The zero-order chi connectivity index (χ0) is 29.1. The highest BCUT2D eigenvalue weighted by Gasteiger charge is 2.34. The van der Waals surface area contributed by atoms with Gasteiger partial charge in [-0.25, -0.2) is 5.01 Å². The molecule has 3 N–H and O–H groups in total. The van der Waals surface area contributed by atoms with Gasteiger partial charge in [-0.1, -0.05) is 54.1 Å². The average molecular weight is 591 g/mol. The molecule has 0 aliphatic carbocycles. The number of alkyl halides is 3. The number of halogens is 4. The van der Waals surface area contributed by atoms with E-state index in [2.05, 4.69) is 19.8 Å². The van der Waals surface area contributed by atoms with Gasteiger partial charge in [0.1, 0.15) is 0 Å². The number of sulfonamides is 1. The van der Waals surface area contributed by atoms with Crippen molar-refractivity contribution in [1.29, 1.82) is 0 Å². The molecule has 0 saturated heterocycles. The number of nitrogens with two attached hydrogens (primary N) is 1. The van der Waals surface area contributed by atoms with Crippen molar-refractivity contribution in [1.82, 2.24) is 10.3 Å². The van der Waals surface area contributed by atoms with Crippen LogP contribution in [0, 0.1) is 0 Å². The number of nitrogens with one attached hydrogen (secondary N) is 1. The topological polar surface area (TPSA) is 130 Å². The maximum atomic E-state index is 13.2. The van der Waals surface area contributed by atoms with Gasteiger partial charge < -0.3 is 5.73 Å². The number of hydrogen-bond donors (Lipinski definition) is 2. The third-order valence-electron chi connectivity index (χ3n) is 5.68. The Kier molecular flexibility index (Phi) is 8.26. The smallest absolute Gasteiger partial charge is 0.369 e. The molecular formula is C26H22ClF3N6O3S. The molecule has 14 heteroatoms. The second-order valence-corrected chi connectivity index (χ2v) is 10.6. The van der Waals surface area contributed by atoms with E-state index in [0.717, 1.165) is 17.7 Å². The molecule has 9 nitrogen and oxygen atoms in total. The normalized spacial score (nSPS) is 16.6. The van der Waals surface area contributed by atoms with Crippen molar-refractivity contribution < 1.29 is 26.4 Å². The Morgan fingerprint density at radius 1 is 1.05 bits per heavy atom. The number of carbonyl (C=O) groups excluding carboxylic acids is 1. The van der Waals surface area contributed by atoms with Crippen LogP contribution in [0.25, 0.3) is 0 Å². The van der Waals surface area contributed by atoms with E-state index in [1.54, 1.807) is 54.6 Å². The van der Waals surface area contributed by atoms with Gasteiger partial charge in [0.25, 0.3) is 16.0 Å². The minimum absolute atomic E-state index is 0.306. The Balaban J connectivity index is 1.85. The molecule has 1 atom stereocenters. The van der Waals surface area contributed by atoms with Gasteiger partial charge in [-0.3, -0.25) is 10.1 Å². The number of hydrogen-bond acceptors (Lipinski definition) is 4. The molecule has 208 valence electrons. The zero-order valence-corrected chi connectivity index (χ0v) is 22.4. The van der Waals surface area contributed by atoms with E-state index in [4.69, 9.17) is 17.3 Å². The van der Waals surface area contributed by atoms with Gasteiger partial charge in [0.05, 0.1) is 22.2 Å². The van der Waals surface area contributed by atoms with Crippen LogP contribution in [0.5, 0.6) is 0 Å². The van der Waals surface area contributed by atoms with Crippen molar-refractivity contribution in [3.8, 4) is 0 Å². The van der Waals surface area contributed by atoms with E-state index >= 15 is 0 Å². The summed E-state index contributed by atoms with van der Waals surface area (Å²) in [4.78, 5) is 15.1. The van der Waals surface area contributed by atoms with E-state index < -0.39 is 50.5 Å². The zero-order valence-electron chi connectivity index (χ0n) is 20.8. The molecule has 1 unspecified atom stereocenters. The number of rotatable bonds is 4. The fourth-order valence-corrected chi connectivity index (χ4v) is 4.90. The van der Waals surface area contributed by atoms with Gasteiger partial charge in [-0.05, 0) is 47.5 Å². The Hall–Kier alpha value is -4.23. The third kappa shape index (κ3) is 6.85. The van der Waals surface area contributed by atoms with Crippen LogP contribution in [0.2, 0.25) is 5.02 Å². The predicted octanol–water partition coefficient (Wildman–Crippen LogP) is 4.71. The number of amides is 1. The van der Waals surface area contributed by atoms with E-state index in [0.29, 0.717) is 34.9 Å². The Bertz CT molecular complexity index is 1590. The van der Waals surface area contributed by atoms with Crippen LogP contribution < -0.4 is 11.1 Å². The lowest BCUT2D eigenvalue weighted by atomic mass is 9.99. The Labute approximate surface area is 232 Å². The summed E-state index contributed by atoms with van der Waals surface area (Å²) < 4.78 is 69.3. The first kappa shape index (κ1) is 28.8. The van der Waals surface area contributed by atoms with Crippen LogP contribution in [0.15, 0.2) is 98.2 Å². The standard InChI is InChI=1S/C26H22ClF3N6O3S/c1-16(37)32-24(31)33-25(35-40(38,39)21-13-9-19(10-14-21)26(28,29)30)36-23(18-5-3-2-4-6-18)15-22(34-36)17-7-11-20(27)12-8-17/h2-14,23H,15H2,1H3,(H3,31,32,33,35,37). The molecule has 0 radical (unpaired) electrons. The summed E-state index contributed by atoms with van der Waals surface area (Å²) in [6.07, 6.45) is -4.35. The Morgan fingerprint density at radius 3 is 2.25 bits per heavy atom.